The molecule has 84 valence electrons. The van der Waals surface area contributed by atoms with Gasteiger partial charge in [0, 0.05) is 10.5 Å². The number of H-pyrrole nitrogens is 1. The summed E-state index contributed by atoms with van der Waals surface area (Å²) in [4.78, 5) is 26.5. The molecule has 0 aliphatic rings. The molecule has 2 aromatic rings. The Labute approximate surface area is 100 Å². The Morgan fingerprint density at radius 2 is 2.00 bits per heavy atom. The van der Waals surface area contributed by atoms with Crippen LogP contribution in [0.4, 0.5) is 0 Å². The molecule has 0 atom stereocenters. The van der Waals surface area contributed by atoms with Crippen molar-refractivity contribution in [2.75, 3.05) is 0 Å². The van der Waals surface area contributed by atoms with E-state index in [0.29, 0.717) is 10.9 Å². The molecule has 0 bridgehead atoms. The van der Waals surface area contributed by atoms with Gasteiger partial charge in [0.15, 0.2) is 0 Å². The van der Waals surface area contributed by atoms with Crippen LogP contribution in [0.2, 0.25) is 0 Å². The molecule has 0 aliphatic heterocycles. The summed E-state index contributed by atoms with van der Waals surface area (Å²) in [6, 6.07) is 5.12. The van der Waals surface area contributed by atoms with Gasteiger partial charge < -0.3 is 4.98 Å². The van der Waals surface area contributed by atoms with E-state index in [9.17, 15) is 9.59 Å². The molecule has 1 aromatic heterocycles. The first kappa shape index (κ1) is 11.1. The van der Waals surface area contributed by atoms with Crippen molar-refractivity contribution in [3.05, 3.63) is 43.5 Å². The van der Waals surface area contributed by atoms with E-state index < -0.39 is 0 Å². The van der Waals surface area contributed by atoms with Crippen LogP contribution in [0, 0.1) is 0 Å². The van der Waals surface area contributed by atoms with Crippen LogP contribution in [0.25, 0.3) is 10.9 Å². The fourth-order valence-corrected chi connectivity index (χ4v) is 2.15. The summed E-state index contributed by atoms with van der Waals surface area (Å²) >= 11 is 3.31. The Bertz CT molecular complexity index is 655. The maximum absolute atomic E-state index is 12.1. The lowest BCUT2D eigenvalue weighted by molar-refractivity contribution is 0.552. The molecule has 5 heteroatoms. The number of hydrogen-bond donors (Lipinski definition) is 1. The van der Waals surface area contributed by atoms with Gasteiger partial charge in [0.05, 0.1) is 10.9 Å². The standard InChI is InChI=1S/C11H11BrN2O2/c1-6(2)14-10(15)7-4-3-5-8(12)9(7)13-11(14)16/h3-6H,1-2H3,(H,13,16). The van der Waals surface area contributed by atoms with Gasteiger partial charge in [-0.15, -0.1) is 0 Å². The van der Waals surface area contributed by atoms with Crippen molar-refractivity contribution in [2.24, 2.45) is 0 Å². The van der Waals surface area contributed by atoms with E-state index in [0.717, 1.165) is 4.47 Å². The van der Waals surface area contributed by atoms with Crippen molar-refractivity contribution in [3.8, 4) is 0 Å². The van der Waals surface area contributed by atoms with Crippen LogP contribution in [0.5, 0.6) is 0 Å². The fourth-order valence-electron chi connectivity index (χ4n) is 1.69. The lowest BCUT2D eigenvalue weighted by Crippen LogP contribution is -2.36. The molecular weight excluding hydrogens is 272 g/mol. The highest BCUT2D eigenvalue weighted by atomic mass is 79.9. The summed E-state index contributed by atoms with van der Waals surface area (Å²) in [5, 5.41) is 0.516. The van der Waals surface area contributed by atoms with Crippen LogP contribution < -0.4 is 11.2 Å². The van der Waals surface area contributed by atoms with E-state index >= 15 is 0 Å². The van der Waals surface area contributed by atoms with Crippen LogP contribution in [0.15, 0.2) is 32.3 Å². The summed E-state index contributed by atoms with van der Waals surface area (Å²) in [7, 11) is 0. The summed E-state index contributed by atoms with van der Waals surface area (Å²) in [6.45, 7) is 3.61. The number of nitrogens with zero attached hydrogens (tertiary/aromatic N) is 1. The Morgan fingerprint density at radius 1 is 1.31 bits per heavy atom. The molecule has 0 saturated heterocycles. The van der Waals surface area contributed by atoms with Crippen molar-refractivity contribution in [1.82, 2.24) is 9.55 Å². The summed E-state index contributed by atoms with van der Waals surface area (Å²) < 4.78 is 1.93. The van der Waals surface area contributed by atoms with Gasteiger partial charge in [-0.3, -0.25) is 9.36 Å². The van der Waals surface area contributed by atoms with Crippen molar-refractivity contribution in [3.63, 3.8) is 0 Å². The maximum atomic E-state index is 12.1. The van der Waals surface area contributed by atoms with Gasteiger partial charge in [0.25, 0.3) is 5.56 Å². The van der Waals surface area contributed by atoms with Gasteiger partial charge in [0.1, 0.15) is 0 Å². The van der Waals surface area contributed by atoms with E-state index in [2.05, 4.69) is 20.9 Å². The number of rotatable bonds is 1. The zero-order valence-electron chi connectivity index (χ0n) is 8.95. The number of aromatic amines is 1. The maximum Gasteiger partial charge on any atom is 0.329 e. The normalized spacial score (nSPS) is 11.2. The third-order valence-electron chi connectivity index (χ3n) is 2.43. The molecule has 0 spiro atoms. The molecule has 16 heavy (non-hydrogen) atoms. The highest BCUT2D eigenvalue weighted by Gasteiger charge is 2.11. The lowest BCUT2D eigenvalue weighted by Gasteiger charge is -2.09. The van der Waals surface area contributed by atoms with Crippen LogP contribution in [0.1, 0.15) is 19.9 Å². The second-order valence-electron chi connectivity index (χ2n) is 3.86. The van der Waals surface area contributed by atoms with Gasteiger partial charge in [-0.2, -0.15) is 0 Å². The minimum absolute atomic E-state index is 0.153. The molecule has 1 heterocycles. The van der Waals surface area contributed by atoms with Crippen LogP contribution in [-0.4, -0.2) is 9.55 Å². The van der Waals surface area contributed by atoms with E-state index in [1.807, 2.05) is 0 Å². The third kappa shape index (κ3) is 1.61. The Balaban J connectivity index is 3.01. The minimum Gasteiger partial charge on any atom is -0.306 e. The molecule has 0 amide bonds. The van der Waals surface area contributed by atoms with Gasteiger partial charge >= 0.3 is 5.69 Å². The average Bonchev–Trinajstić information content (AvgIpc) is 2.19. The van der Waals surface area contributed by atoms with Crippen molar-refractivity contribution in [1.29, 1.82) is 0 Å². The predicted octanol–water partition coefficient (Wildman–Crippen LogP) is 2.03. The average molecular weight is 283 g/mol. The van der Waals surface area contributed by atoms with E-state index in [1.54, 1.807) is 32.0 Å². The van der Waals surface area contributed by atoms with Gasteiger partial charge in [0.2, 0.25) is 0 Å². The SMILES string of the molecule is CC(C)n1c(=O)[nH]c2c(Br)cccc2c1=O. The van der Waals surface area contributed by atoms with Crippen LogP contribution >= 0.6 is 15.9 Å². The predicted molar refractivity (Wildman–Crippen MR) is 66.9 cm³/mol. The Kier molecular flexibility index (Phi) is 2.71. The van der Waals surface area contributed by atoms with Gasteiger partial charge in [-0.25, -0.2) is 4.79 Å². The Morgan fingerprint density at radius 3 is 2.62 bits per heavy atom. The van der Waals surface area contributed by atoms with Crippen LogP contribution in [0.3, 0.4) is 0 Å². The summed E-state index contributed by atoms with van der Waals surface area (Å²) in [5.74, 6) is 0. The first-order valence-electron chi connectivity index (χ1n) is 4.95. The first-order valence-corrected chi connectivity index (χ1v) is 5.74. The highest BCUT2D eigenvalue weighted by molar-refractivity contribution is 9.10. The third-order valence-corrected chi connectivity index (χ3v) is 3.09. The molecule has 0 radical (unpaired) electrons. The molecular formula is C11H11BrN2O2. The van der Waals surface area contributed by atoms with Gasteiger partial charge in [-0.05, 0) is 41.9 Å². The monoisotopic (exact) mass is 282 g/mol. The van der Waals surface area contributed by atoms with Gasteiger partial charge in [-0.1, -0.05) is 6.07 Å². The quantitative estimate of drug-likeness (QED) is 0.870. The van der Waals surface area contributed by atoms with E-state index in [4.69, 9.17) is 0 Å². The fraction of sp³-hybridized carbons (Fsp3) is 0.273. The molecule has 2 rings (SSSR count). The number of halogens is 1. The van der Waals surface area contributed by atoms with Crippen molar-refractivity contribution >= 4 is 26.8 Å². The molecule has 1 N–H and O–H groups in total. The van der Waals surface area contributed by atoms with Crippen molar-refractivity contribution < 1.29 is 0 Å². The van der Waals surface area contributed by atoms with Crippen molar-refractivity contribution in [2.45, 2.75) is 19.9 Å². The zero-order chi connectivity index (χ0) is 11.9. The second kappa shape index (κ2) is 3.90. The molecule has 0 unspecified atom stereocenters. The summed E-state index contributed by atoms with van der Waals surface area (Å²) in [6.07, 6.45) is 0. The first-order chi connectivity index (χ1) is 7.52. The lowest BCUT2D eigenvalue weighted by atomic mass is 10.2. The number of fused-ring (bicyclic) bond motifs is 1. The van der Waals surface area contributed by atoms with E-state index in [-0.39, 0.29) is 17.3 Å². The smallest absolute Gasteiger partial charge is 0.306 e. The number of aromatic nitrogens is 2. The highest BCUT2D eigenvalue weighted by Crippen LogP contribution is 2.18. The molecule has 1 aromatic carbocycles. The zero-order valence-corrected chi connectivity index (χ0v) is 10.5. The van der Waals surface area contributed by atoms with E-state index in [1.165, 1.54) is 4.57 Å². The number of benzene rings is 1. The topological polar surface area (TPSA) is 54.9 Å². The molecule has 0 aliphatic carbocycles. The Hall–Kier alpha value is -1.36. The molecule has 4 nitrogen and oxygen atoms in total. The number of para-hydroxylation sites is 1. The molecule has 0 fully saturated rings. The second-order valence-corrected chi connectivity index (χ2v) is 4.72. The minimum atomic E-state index is -0.376. The summed E-state index contributed by atoms with van der Waals surface area (Å²) in [5.41, 5.74) is -0.0798. The van der Waals surface area contributed by atoms with Crippen LogP contribution in [-0.2, 0) is 0 Å². The number of hydrogen-bond acceptors (Lipinski definition) is 2. The number of nitrogens with one attached hydrogen (secondary N) is 1. The largest absolute Gasteiger partial charge is 0.329 e. The molecule has 0 saturated carbocycles.